The highest BCUT2D eigenvalue weighted by molar-refractivity contribution is 4.98. The van der Waals surface area contributed by atoms with Crippen LogP contribution in [-0.4, -0.2) is 24.6 Å². The highest BCUT2D eigenvalue weighted by Gasteiger charge is 2.45. The number of hydrogen-bond donors (Lipinski definition) is 0. The zero-order valence-electron chi connectivity index (χ0n) is 20.0. The van der Waals surface area contributed by atoms with Crippen LogP contribution in [-0.2, 0) is 4.74 Å². The Labute approximate surface area is 190 Å². The Hall–Kier alpha value is -0.620. The first-order chi connectivity index (χ1) is 15.1. The normalized spacial score (nSPS) is 40.2. The number of alkyl halides is 2. The van der Waals surface area contributed by atoms with Crippen LogP contribution in [0.4, 0.5) is 8.78 Å². The van der Waals surface area contributed by atoms with Crippen molar-refractivity contribution in [3.05, 3.63) is 0 Å². The van der Waals surface area contributed by atoms with Crippen molar-refractivity contribution < 1.29 is 13.5 Å². The molecular formula is C28H46F2O. The molecule has 0 N–H and O–H groups in total. The van der Waals surface area contributed by atoms with Crippen LogP contribution in [0.1, 0.15) is 110 Å². The summed E-state index contributed by atoms with van der Waals surface area (Å²) < 4.78 is 36.0. The summed E-state index contributed by atoms with van der Waals surface area (Å²) in [6.07, 6.45) is 18.5. The molecule has 0 radical (unpaired) electrons. The first-order valence-electron chi connectivity index (χ1n) is 13.5. The van der Waals surface area contributed by atoms with E-state index in [1.54, 1.807) is 0 Å². The van der Waals surface area contributed by atoms with Crippen LogP contribution >= 0.6 is 0 Å². The van der Waals surface area contributed by atoms with Crippen molar-refractivity contribution in [2.75, 3.05) is 0 Å². The summed E-state index contributed by atoms with van der Waals surface area (Å²) in [5.41, 5.74) is 0. The van der Waals surface area contributed by atoms with E-state index in [-0.39, 0.29) is 12.0 Å². The molecule has 3 fully saturated rings. The average Bonchev–Trinajstić information content (AvgIpc) is 2.81. The van der Waals surface area contributed by atoms with E-state index < -0.39 is 18.4 Å². The van der Waals surface area contributed by atoms with Crippen molar-refractivity contribution in [3.63, 3.8) is 0 Å². The monoisotopic (exact) mass is 436 g/mol. The molecule has 5 atom stereocenters. The van der Waals surface area contributed by atoms with Gasteiger partial charge in [-0.15, -0.1) is 6.42 Å². The van der Waals surface area contributed by atoms with Crippen molar-refractivity contribution in [2.24, 2.45) is 29.6 Å². The molecule has 3 aliphatic rings. The van der Waals surface area contributed by atoms with Gasteiger partial charge < -0.3 is 4.74 Å². The van der Waals surface area contributed by atoms with E-state index in [1.165, 1.54) is 44.9 Å². The number of unbranched alkanes of at least 4 members (excludes halogenated alkanes) is 2. The Balaban J connectivity index is 1.44. The lowest BCUT2D eigenvalue weighted by Gasteiger charge is -2.43. The van der Waals surface area contributed by atoms with Gasteiger partial charge in [-0.2, -0.15) is 0 Å². The largest absolute Gasteiger partial charge is 0.359 e. The van der Waals surface area contributed by atoms with Gasteiger partial charge in [0, 0.05) is 0 Å². The van der Waals surface area contributed by atoms with Crippen LogP contribution in [0, 0.1) is 41.9 Å². The smallest absolute Gasteiger partial charge is 0.157 e. The molecule has 0 bridgehead atoms. The number of terminal acetylenes is 1. The van der Waals surface area contributed by atoms with Crippen LogP contribution in [0.15, 0.2) is 0 Å². The third-order valence-corrected chi connectivity index (χ3v) is 9.01. The minimum Gasteiger partial charge on any atom is -0.359 e. The second-order valence-electron chi connectivity index (χ2n) is 10.8. The fourth-order valence-corrected chi connectivity index (χ4v) is 6.85. The third-order valence-electron chi connectivity index (χ3n) is 9.01. The summed E-state index contributed by atoms with van der Waals surface area (Å²) in [4.78, 5) is 0. The van der Waals surface area contributed by atoms with E-state index in [9.17, 15) is 0 Å². The maximum Gasteiger partial charge on any atom is 0.157 e. The fourth-order valence-electron chi connectivity index (χ4n) is 6.85. The van der Waals surface area contributed by atoms with E-state index in [2.05, 4.69) is 19.8 Å². The van der Waals surface area contributed by atoms with Gasteiger partial charge >= 0.3 is 0 Å². The van der Waals surface area contributed by atoms with E-state index in [1.807, 2.05) is 0 Å². The number of ether oxygens (including phenoxy) is 1. The summed E-state index contributed by atoms with van der Waals surface area (Å²) in [6, 6.07) is 0. The first-order valence-corrected chi connectivity index (χ1v) is 13.5. The van der Waals surface area contributed by atoms with E-state index in [0.717, 1.165) is 62.7 Å². The molecule has 5 unspecified atom stereocenters. The molecule has 0 heterocycles. The highest BCUT2D eigenvalue weighted by atomic mass is 19.2. The maximum atomic E-state index is 15.2. The molecule has 0 aromatic rings. The number of rotatable bonds is 9. The Morgan fingerprint density at radius 3 is 2.00 bits per heavy atom. The van der Waals surface area contributed by atoms with Crippen LogP contribution in [0.25, 0.3) is 0 Å². The fraction of sp³-hybridized carbons (Fsp3) is 0.929. The second kappa shape index (κ2) is 12.6. The molecular weight excluding hydrogens is 390 g/mol. The predicted molar refractivity (Wildman–Crippen MR) is 125 cm³/mol. The Morgan fingerprint density at radius 2 is 1.42 bits per heavy atom. The van der Waals surface area contributed by atoms with Crippen molar-refractivity contribution in [1.82, 2.24) is 0 Å². The number of halogens is 2. The summed E-state index contributed by atoms with van der Waals surface area (Å²) in [5, 5.41) is 0. The molecule has 1 nitrogen and oxygen atoms in total. The quantitative estimate of drug-likeness (QED) is 0.262. The summed E-state index contributed by atoms with van der Waals surface area (Å²) in [5.74, 6) is 5.53. The Bertz CT molecular complexity index is 542. The van der Waals surface area contributed by atoms with E-state index >= 15 is 8.78 Å². The van der Waals surface area contributed by atoms with Gasteiger partial charge in [0.05, 0.1) is 6.10 Å². The average molecular weight is 437 g/mol. The van der Waals surface area contributed by atoms with Gasteiger partial charge in [-0.3, -0.25) is 0 Å². The van der Waals surface area contributed by atoms with Crippen molar-refractivity contribution in [3.8, 4) is 12.3 Å². The molecule has 31 heavy (non-hydrogen) atoms. The van der Waals surface area contributed by atoms with Gasteiger partial charge in [0.2, 0.25) is 0 Å². The molecule has 178 valence electrons. The zero-order valence-corrected chi connectivity index (χ0v) is 20.0. The molecule has 3 heteroatoms. The van der Waals surface area contributed by atoms with E-state index in [4.69, 9.17) is 11.2 Å². The molecule has 0 aromatic carbocycles. The van der Waals surface area contributed by atoms with Gasteiger partial charge in [0.1, 0.15) is 12.3 Å². The lowest BCUT2D eigenvalue weighted by Crippen LogP contribution is -2.47. The van der Waals surface area contributed by atoms with Crippen LogP contribution in [0.2, 0.25) is 0 Å². The van der Waals surface area contributed by atoms with Crippen molar-refractivity contribution in [1.29, 1.82) is 0 Å². The Morgan fingerprint density at radius 1 is 0.806 bits per heavy atom. The zero-order chi connectivity index (χ0) is 22.2. The van der Waals surface area contributed by atoms with Gasteiger partial charge in [0.15, 0.2) is 6.17 Å². The van der Waals surface area contributed by atoms with Crippen molar-refractivity contribution in [2.45, 2.75) is 135 Å². The van der Waals surface area contributed by atoms with E-state index in [0.29, 0.717) is 12.3 Å². The minimum atomic E-state index is -1.53. The first kappa shape index (κ1) is 25.0. The summed E-state index contributed by atoms with van der Waals surface area (Å²) in [6.45, 7) is 4.46. The third kappa shape index (κ3) is 6.69. The minimum absolute atomic E-state index is 0.129. The predicted octanol–water partition coefficient (Wildman–Crippen LogP) is 8.06. The molecule has 3 saturated carbocycles. The van der Waals surface area contributed by atoms with Crippen LogP contribution in [0.5, 0.6) is 0 Å². The highest BCUT2D eigenvalue weighted by Crippen LogP contribution is 2.47. The standard InChI is InChI=1S/C28H46F2O/c1-4-7-8-9-24(6-3)31-26-19-18-25(27(29)28(26)30)23-16-14-22(15-17-23)21-12-10-20(5-2)11-13-21/h3,20-28H,4-5,7-19H2,1-2H3. The molecule has 0 spiro atoms. The molecule has 3 aliphatic carbocycles. The maximum absolute atomic E-state index is 15.2. The molecule has 0 amide bonds. The van der Waals surface area contributed by atoms with Crippen LogP contribution in [0.3, 0.4) is 0 Å². The molecule has 0 saturated heterocycles. The Kier molecular flexibility index (Phi) is 10.1. The van der Waals surface area contributed by atoms with Gasteiger partial charge in [0.25, 0.3) is 0 Å². The lowest BCUT2D eigenvalue weighted by atomic mass is 9.65. The van der Waals surface area contributed by atoms with Crippen molar-refractivity contribution >= 4 is 0 Å². The number of hydrogen-bond acceptors (Lipinski definition) is 1. The summed E-state index contributed by atoms with van der Waals surface area (Å²) >= 11 is 0. The SMILES string of the molecule is C#CC(CCCCC)OC1CCC(C2CCC(C3CCC(CC)CC3)CC2)C(F)C1F. The molecule has 3 rings (SSSR count). The van der Waals surface area contributed by atoms with Gasteiger partial charge in [-0.05, 0) is 93.8 Å². The van der Waals surface area contributed by atoms with Gasteiger partial charge in [-0.1, -0.05) is 51.9 Å². The van der Waals surface area contributed by atoms with Gasteiger partial charge in [-0.25, -0.2) is 8.78 Å². The van der Waals surface area contributed by atoms with Crippen LogP contribution < -0.4 is 0 Å². The molecule has 0 aromatic heterocycles. The topological polar surface area (TPSA) is 9.23 Å². The lowest BCUT2D eigenvalue weighted by molar-refractivity contribution is -0.103. The second-order valence-corrected chi connectivity index (χ2v) is 10.8. The molecule has 0 aliphatic heterocycles. The summed E-state index contributed by atoms with van der Waals surface area (Å²) in [7, 11) is 0.